The number of para-hydroxylation sites is 1. The number of hydrogen-bond acceptors (Lipinski definition) is 3. The fraction of sp³-hybridized carbons (Fsp3) is 0.188. The third-order valence-electron chi connectivity index (χ3n) is 3.14. The van der Waals surface area contributed by atoms with Gasteiger partial charge in [0.1, 0.15) is 5.84 Å². The molecule has 0 saturated carbocycles. The molecule has 0 fully saturated rings. The van der Waals surface area contributed by atoms with Gasteiger partial charge in [-0.1, -0.05) is 42.5 Å². The molecule has 0 saturated heterocycles. The summed E-state index contributed by atoms with van der Waals surface area (Å²) in [6, 6.07) is 7.52. The minimum Gasteiger partial charge on any atom is -0.370 e. The zero-order valence-corrected chi connectivity index (χ0v) is 11.4. The van der Waals surface area contributed by atoms with Crippen molar-refractivity contribution in [1.29, 1.82) is 5.41 Å². The van der Waals surface area contributed by atoms with Crippen LogP contribution in [0.4, 0.5) is 5.69 Å². The lowest BCUT2D eigenvalue weighted by Gasteiger charge is -2.12. The Morgan fingerprint density at radius 2 is 2.10 bits per heavy atom. The molecule has 0 bridgehead atoms. The van der Waals surface area contributed by atoms with Gasteiger partial charge in [0.25, 0.3) is 0 Å². The predicted octanol–water partition coefficient (Wildman–Crippen LogP) is 2.72. The molecule has 1 aromatic rings. The van der Waals surface area contributed by atoms with Crippen molar-refractivity contribution in [2.75, 3.05) is 12.0 Å². The molecule has 0 heterocycles. The molecule has 104 valence electrons. The Labute approximate surface area is 119 Å². The highest BCUT2D eigenvalue weighted by molar-refractivity contribution is 6.01. The maximum Gasteiger partial charge on any atom is 0.127 e. The summed E-state index contributed by atoms with van der Waals surface area (Å²) < 4.78 is 0. The number of allylic oxidation sites excluding steroid dienone is 5. The van der Waals surface area contributed by atoms with Crippen molar-refractivity contribution in [1.82, 2.24) is 5.32 Å². The van der Waals surface area contributed by atoms with E-state index in [4.69, 9.17) is 11.3 Å². The van der Waals surface area contributed by atoms with Crippen LogP contribution in [0.5, 0.6) is 0 Å². The molecule has 0 atom stereocenters. The van der Waals surface area contributed by atoms with E-state index in [1.165, 1.54) is 5.57 Å². The Hall–Kier alpha value is -2.33. The van der Waals surface area contributed by atoms with Gasteiger partial charge in [-0.15, -0.1) is 0 Å². The van der Waals surface area contributed by atoms with Crippen LogP contribution < -0.4 is 16.6 Å². The second-order valence-electron chi connectivity index (χ2n) is 4.54. The van der Waals surface area contributed by atoms with Crippen molar-refractivity contribution in [2.24, 2.45) is 5.84 Å². The van der Waals surface area contributed by atoms with Gasteiger partial charge in [-0.05, 0) is 30.5 Å². The van der Waals surface area contributed by atoms with E-state index in [1.54, 1.807) is 0 Å². The van der Waals surface area contributed by atoms with Gasteiger partial charge in [-0.2, -0.15) is 0 Å². The van der Waals surface area contributed by atoms with E-state index in [9.17, 15) is 0 Å². The van der Waals surface area contributed by atoms with Crippen LogP contribution in [-0.2, 0) is 0 Å². The van der Waals surface area contributed by atoms with E-state index in [-0.39, 0.29) is 0 Å². The highest BCUT2D eigenvalue weighted by atomic mass is 15.2. The largest absolute Gasteiger partial charge is 0.370 e. The Morgan fingerprint density at radius 1 is 1.25 bits per heavy atom. The number of hydrazine groups is 1. The summed E-state index contributed by atoms with van der Waals surface area (Å²) in [6.45, 7) is 0.730. The molecule has 0 aromatic heterocycles. The molecule has 1 aliphatic rings. The first-order valence-electron chi connectivity index (χ1n) is 6.72. The quantitative estimate of drug-likeness (QED) is 0.287. The molecule has 0 unspecified atom stereocenters. The fourth-order valence-corrected chi connectivity index (χ4v) is 2.06. The van der Waals surface area contributed by atoms with Crippen LogP contribution in [0.25, 0.3) is 0 Å². The highest BCUT2D eigenvalue weighted by Crippen LogP contribution is 2.13. The van der Waals surface area contributed by atoms with Crippen LogP contribution in [-0.4, -0.2) is 12.4 Å². The smallest absolute Gasteiger partial charge is 0.127 e. The molecule has 2 rings (SSSR count). The van der Waals surface area contributed by atoms with Gasteiger partial charge in [0, 0.05) is 12.1 Å². The van der Waals surface area contributed by atoms with Crippen LogP contribution >= 0.6 is 0 Å². The SMILES string of the molecule is N=C(NCCC1=CCC=CC=C1)c1ccccc1NN. The van der Waals surface area contributed by atoms with Crippen molar-refractivity contribution in [3.8, 4) is 0 Å². The van der Waals surface area contributed by atoms with Gasteiger partial charge in [-0.25, -0.2) is 0 Å². The molecule has 5 N–H and O–H groups in total. The summed E-state index contributed by atoms with van der Waals surface area (Å²) in [7, 11) is 0. The van der Waals surface area contributed by atoms with Crippen LogP contribution in [0.2, 0.25) is 0 Å². The Kier molecular flexibility index (Phi) is 5.15. The molecule has 0 amide bonds. The fourth-order valence-electron chi connectivity index (χ4n) is 2.06. The number of nitrogens with two attached hydrogens (primary N) is 1. The first-order valence-corrected chi connectivity index (χ1v) is 6.72. The molecule has 0 spiro atoms. The first-order chi connectivity index (χ1) is 9.81. The van der Waals surface area contributed by atoms with Crippen LogP contribution in [0.3, 0.4) is 0 Å². The van der Waals surface area contributed by atoms with Crippen molar-refractivity contribution < 1.29 is 0 Å². The number of benzene rings is 1. The highest BCUT2D eigenvalue weighted by Gasteiger charge is 2.05. The van der Waals surface area contributed by atoms with Crippen LogP contribution in [0, 0.1) is 5.41 Å². The lowest BCUT2D eigenvalue weighted by molar-refractivity contribution is 0.862. The van der Waals surface area contributed by atoms with E-state index < -0.39 is 0 Å². The number of nitrogens with one attached hydrogen (secondary N) is 3. The molecule has 20 heavy (non-hydrogen) atoms. The first kappa shape index (κ1) is 14.1. The molecule has 0 aliphatic heterocycles. The maximum atomic E-state index is 8.08. The summed E-state index contributed by atoms with van der Waals surface area (Å²) in [5.41, 5.74) is 5.44. The van der Waals surface area contributed by atoms with E-state index in [2.05, 4.69) is 41.1 Å². The lowest BCUT2D eigenvalue weighted by Crippen LogP contribution is -2.26. The van der Waals surface area contributed by atoms with Gasteiger partial charge in [0.2, 0.25) is 0 Å². The molecule has 1 aliphatic carbocycles. The summed E-state index contributed by atoms with van der Waals surface area (Å²) in [5, 5.41) is 11.2. The third-order valence-corrected chi connectivity index (χ3v) is 3.14. The van der Waals surface area contributed by atoms with Gasteiger partial charge < -0.3 is 10.7 Å². The predicted molar refractivity (Wildman–Crippen MR) is 84.7 cm³/mol. The second-order valence-corrected chi connectivity index (χ2v) is 4.54. The van der Waals surface area contributed by atoms with Crippen molar-refractivity contribution in [2.45, 2.75) is 12.8 Å². The van der Waals surface area contributed by atoms with Gasteiger partial charge in [0.15, 0.2) is 0 Å². The molecule has 4 heteroatoms. The van der Waals surface area contributed by atoms with E-state index in [0.29, 0.717) is 5.84 Å². The average molecular weight is 268 g/mol. The normalized spacial score (nSPS) is 13.6. The summed E-state index contributed by atoms with van der Waals surface area (Å²) in [4.78, 5) is 0. The average Bonchev–Trinajstić information content (AvgIpc) is 2.76. The minimum absolute atomic E-state index is 0.384. The number of rotatable bonds is 5. The second kappa shape index (κ2) is 7.31. The van der Waals surface area contributed by atoms with Crippen molar-refractivity contribution in [3.05, 3.63) is 65.8 Å². The molecule has 0 radical (unpaired) electrons. The molecule has 4 nitrogen and oxygen atoms in total. The van der Waals surface area contributed by atoms with Crippen LogP contribution in [0.1, 0.15) is 18.4 Å². The number of nitrogen functional groups attached to an aromatic ring is 1. The van der Waals surface area contributed by atoms with E-state index >= 15 is 0 Å². The van der Waals surface area contributed by atoms with E-state index in [1.807, 2.05) is 24.3 Å². The molecule has 1 aromatic carbocycles. The molecular formula is C16H20N4. The van der Waals surface area contributed by atoms with Crippen molar-refractivity contribution in [3.63, 3.8) is 0 Å². The van der Waals surface area contributed by atoms with Gasteiger partial charge in [0.05, 0.1) is 5.69 Å². The summed E-state index contributed by atoms with van der Waals surface area (Å²) in [6.07, 6.45) is 12.4. The third kappa shape index (κ3) is 3.83. The molecular weight excluding hydrogens is 248 g/mol. The zero-order chi connectivity index (χ0) is 14.2. The number of amidine groups is 1. The standard InChI is InChI=1S/C16H20N4/c17-16(14-9-5-6-10-15(14)20-18)19-12-11-13-7-3-1-2-4-8-13/h1-3,5-10,20H,4,11-12,18H2,(H2,17,19). The lowest BCUT2D eigenvalue weighted by atomic mass is 10.1. The number of hydrogen-bond donors (Lipinski definition) is 4. The summed E-state index contributed by atoms with van der Waals surface area (Å²) >= 11 is 0. The topological polar surface area (TPSA) is 73.9 Å². The zero-order valence-electron chi connectivity index (χ0n) is 11.4. The van der Waals surface area contributed by atoms with Gasteiger partial charge in [-0.3, -0.25) is 11.3 Å². The monoisotopic (exact) mass is 268 g/mol. The Morgan fingerprint density at radius 3 is 2.95 bits per heavy atom. The van der Waals surface area contributed by atoms with Gasteiger partial charge >= 0.3 is 0 Å². The van der Waals surface area contributed by atoms with E-state index in [0.717, 1.165) is 30.6 Å². The van der Waals surface area contributed by atoms with Crippen LogP contribution in [0.15, 0.2) is 60.2 Å². The minimum atomic E-state index is 0.384. The Balaban J connectivity index is 1.88. The van der Waals surface area contributed by atoms with Crippen molar-refractivity contribution >= 4 is 11.5 Å². The summed E-state index contributed by atoms with van der Waals surface area (Å²) in [5.74, 6) is 5.84. The number of anilines is 1. The maximum absolute atomic E-state index is 8.08. The Bertz CT molecular complexity index is 555.